The molecule has 0 atom stereocenters. The van der Waals surface area contributed by atoms with Crippen molar-refractivity contribution in [3.63, 3.8) is 0 Å². The zero-order valence-electron chi connectivity index (χ0n) is 18.1. The molecule has 0 bridgehead atoms. The molecule has 1 N–H and O–H groups in total. The summed E-state index contributed by atoms with van der Waals surface area (Å²) in [6.07, 6.45) is 3.39. The third-order valence-electron chi connectivity index (χ3n) is 5.66. The van der Waals surface area contributed by atoms with Gasteiger partial charge >= 0.3 is 0 Å². The van der Waals surface area contributed by atoms with E-state index in [-0.39, 0.29) is 5.91 Å². The van der Waals surface area contributed by atoms with Gasteiger partial charge in [-0.05, 0) is 61.5 Å². The van der Waals surface area contributed by atoms with Gasteiger partial charge in [-0.25, -0.2) is 0 Å². The summed E-state index contributed by atoms with van der Waals surface area (Å²) in [6, 6.07) is 14.4. The predicted octanol–water partition coefficient (Wildman–Crippen LogP) is 3.28. The van der Waals surface area contributed by atoms with Gasteiger partial charge in [0.1, 0.15) is 0 Å². The van der Waals surface area contributed by atoms with Crippen molar-refractivity contribution >= 4 is 5.91 Å². The Morgan fingerprint density at radius 3 is 2.17 bits per heavy atom. The van der Waals surface area contributed by atoms with Gasteiger partial charge < -0.3 is 19.5 Å². The number of hydrogen-bond donors (Lipinski definition) is 1. The Hall–Kier alpha value is -2.73. The van der Waals surface area contributed by atoms with Crippen molar-refractivity contribution in [2.45, 2.75) is 25.8 Å². The second kappa shape index (κ2) is 10.9. The van der Waals surface area contributed by atoms with E-state index in [1.54, 1.807) is 21.3 Å². The summed E-state index contributed by atoms with van der Waals surface area (Å²) in [5.74, 6) is 2.45. The lowest BCUT2D eigenvalue weighted by Crippen LogP contribution is -2.41. The number of hydrogen-bond acceptors (Lipinski definition) is 5. The lowest BCUT2D eigenvalue weighted by molar-refractivity contribution is -0.122. The number of nitrogens with zero attached hydrogens (tertiary/aromatic N) is 1. The molecule has 30 heavy (non-hydrogen) atoms. The molecule has 6 heteroatoms. The quantitative estimate of drug-likeness (QED) is 0.685. The molecule has 1 saturated heterocycles. The van der Waals surface area contributed by atoms with Crippen LogP contribution in [0.3, 0.4) is 0 Å². The van der Waals surface area contributed by atoms with Crippen LogP contribution in [0.5, 0.6) is 17.2 Å². The first-order valence-corrected chi connectivity index (χ1v) is 10.4. The van der Waals surface area contributed by atoms with Gasteiger partial charge in [-0.15, -0.1) is 0 Å². The van der Waals surface area contributed by atoms with Gasteiger partial charge in [0.15, 0.2) is 11.5 Å². The van der Waals surface area contributed by atoms with Gasteiger partial charge in [-0.3, -0.25) is 9.69 Å². The minimum Gasteiger partial charge on any atom is -0.493 e. The fraction of sp³-hybridized carbons (Fsp3) is 0.458. The molecular formula is C24H32N2O4. The minimum absolute atomic E-state index is 0.0326. The molecule has 1 fully saturated rings. The monoisotopic (exact) mass is 412 g/mol. The summed E-state index contributed by atoms with van der Waals surface area (Å²) in [5, 5.41) is 3.00. The zero-order valence-corrected chi connectivity index (χ0v) is 18.1. The topological polar surface area (TPSA) is 60.0 Å². The Morgan fingerprint density at radius 2 is 1.60 bits per heavy atom. The smallest absolute Gasteiger partial charge is 0.234 e. The molecule has 0 unspecified atom stereocenters. The van der Waals surface area contributed by atoms with Crippen molar-refractivity contribution in [3.05, 3.63) is 53.6 Å². The summed E-state index contributed by atoms with van der Waals surface area (Å²) in [4.78, 5) is 14.7. The highest BCUT2D eigenvalue weighted by atomic mass is 16.5. The third-order valence-corrected chi connectivity index (χ3v) is 5.66. The number of carbonyl (C=O) groups is 1. The Bertz CT molecular complexity index is 792. The van der Waals surface area contributed by atoms with Crippen LogP contribution in [-0.4, -0.2) is 51.8 Å². The Balaban J connectivity index is 1.45. The second-order valence-electron chi connectivity index (χ2n) is 7.72. The lowest BCUT2D eigenvalue weighted by Gasteiger charge is -2.31. The molecule has 1 heterocycles. The summed E-state index contributed by atoms with van der Waals surface area (Å²) in [7, 11) is 4.74. The molecule has 0 saturated carbocycles. The normalized spacial score (nSPS) is 14.9. The number of methoxy groups -OCH3 is 3. The average Bonchev–Trinajstić information content (AvgIpc) is 2.78. The summed E-state index contributed by atoms with van der Waals surface area (Å²) < 4.78 is 16.1. The molecule has 6 nitrogen and oxygen atoms in total. The van der Waals surface area contributed by atoms with Crippen LogP contribution >= 0.6 is 0 Å². The number of benzene rings is 2. The standard InChI is InChI=1S/C24H32N2O4/c1-28-21-14-20(15-22(29-2)24(21)30-3)16-25-23(27)17-26-11-9-19(10-12-26)13-18-7-5-4-6-8-18/h4-8,14-15,19H,9-13,16-17H2,1-3H3,(H,25,27). The fourth-order valence-electron chi connectivity index (χ4n) is 3.99. The number of nitrogens with one attached hydrogen (secondary N) is 1. The first kappa shape index (κ1) is 22.0. The summed E-state index contributed by atoms with van der Waals surface area (Å²) in [5.41, 5.74) is 2.30. The molecule has 0 radical (unpaired) electrons. The number of piperidine rings is 1. The van der Waals surface area contributed by atoms with Gasteiger partial charge in [0.05, 0.1) is 27.9 Å². The molecule has 1 amide bonds. The van der Waals surface area contributed by atoms with Crippen molar-refractivity contribution in [2.24, 2.45) is 5.92 Å². The predicted molar refractivity (Wildman–Crippen MR) is 117 cm³/mol. The molecule has 0 aromatic heterocycles. The van der Waals surface area contributed by atoms with E-state index in [0.717, 1.165) is 37.9 Å². The minimum atomic E-state index is 0.0326. The van der Waals surface area contributed by atoms with Crippen LogP contribution in [0.25, 0.3) is 0 Å². The van der Waals surface area contributed by atoms with Crippen LogP contribution in [0, 0.1) is 5.92 Å². The van der Waals surface area contributed by atoms with Crippen molar-refractivity contribution in [3.8, 4) is 17.2 Å². The van der Waals surface area contributed by atoms with Crippen LogP contribution in [0.15, 0.2) is 42.5 Å². The summed E-state index contributed by atoms with van der Waals surface area (Å²) >= 11 is 0. The zero-order chi connectivity index (χ0) is 21.3. The van der Waals surface area contributed by atoms with Gasteiger partial charge in [-0.2, -0.15) is 0 Å². The van der Waals surface area contributed by atoms with Gasteiger partial charge in [0, 0.05) is 6.54 Å². The SMILES string of the molecule is COc1cc(CNC(=O)CN2CCC(Cc3ccccc3)CC2)cc(OC)c1OC. The van der Waals surface area contributed by atoms with E-state index in [9.17, 15) is 4.79 Å². The molecule has 0 spiro atoms. The third kappa shape index (κ3) is 5.89. The maximum Gasteiger partial charge on any atom is 0.234 e. The molecule has 3 rings (SSSR count). The van der Waals surface area contributed by atoms with E-state index in [1.807, 2.05) is 12.1 Å². The molecule has 162 valence electrons. The highest BCUT2D eigenvalue weighted by Gasteiger charge is 2.21. The maximum absolute atomic E-state index is 12.4. The van der Waals surface area contributed by atoms with Gasteiger partial charge in [0.2, 0.25) is 11.7 Å². The van der Waals surface area contributed by atoms with Crippen molar-refractivity contribution in [1.29, 1.82) is 0 Å². The number of rotatable bonds is 9. The average molecular weight is 413 g/mol. The summed E-state index contributed by atoms with van der Waals surface area (Å²) in [6.45, 7) is 2.78. The molecule has 0 aliphatic carbocycles. The first-order valence-electron chi connectivity index (χ1n) is 10.4. The van der Waals surface area contributed by atoms with Crippen LogP contribution in [0.1, 0.15) is 24.0 Å². The highest BCUT2D eigenvalue weighted by Crippen LogP contribution is 2.38. The van der Waals surface area contributed by atoms with Crippen LogP contribution < -0.4 is 19.5 Å². The largest absolute Gasteiger partial charge is 0.493 e. The molecule has 2 aromatic carbocycles. The number of amides is 1. The lowest BCUT2D eigenvalue weighted by atomic mass is 9.90. The van der Waals surface area contributed by atoms with E-state index in [1.165, 1.54) is 5.56 Å². The first-order chi connectivity index (χ1) is 14.6. The molecule has 2 aromatic rings. The van der Waals surface area contributed by atoms with E-state index >= 15 is 0 Å². The van der Waals surface area contributed by atoms with Gasteiger partial charge in [-0.1, -0.05) is 30.3 Å². The van der Waals surface area contributed by atoms with E-state index < -0.39 is 0 Å². The molecule has 1 aliphatic heterocycles. The Morgan fingerprint density at radius 1 is 0.967 bits per heavy atom. The maximum atomic E-state index is 12.4. The van der Waals surface area contributed by atoms with E-state index in [2.05, 4.69) is 40.5 Å². The van der Waals surface area contributed by atoms with Crippen molar-refractivity contribution in [2.75, 3.05) is 41.0 Å². The molecule has 1 aliphatic rings. The fourth-order valence-corrected chi connectivity index (χ4v) is 3.99. The number of carbonyl (C=O) groups excluding carboxylic acids is 1. The van der Waals surface area contributed by atoms with Crippen LogP contribution in [0.4, 0.5) is 0 Å². The number of ether oxygens (including phenoxy) is 3. The van der Waals surface area contributed by atoms with Crippen molar-refractivity contribution < 1.29 is 19.0 Å². The van der Waals surface area contributed by atoms with Gasteiger partial charge in [0.25, 0.3) is 0 Å². The van der Waals surface area contributed by atoms with Crippen LogP contribution in [0.2, 0.25) is 0 Å². The Kier molecular flexibility index (Phi) is 7.97. The molecular weight excluding hydrogens is 380 g/mol. The second-order valence-corrected chi connectivity index (χ2v) is 7.72. The number of likely N-dealkylation sites (tertiary alicyclic amines) is 1. The van der Waals surface area contributed by atoms with E-state index in [0.29, 0.717) is 36.3 Å². The van der Waals surface area contributed by atoms with Crippen LogP contribution in [-0.2, 0) is 17.8 Å². The Labute approximate surface area is 179 Å². The van der Waals surface area contributed by atoms with E-state index in [4.69, 9.17) is 14.2 Å². The highest BCUT2D eigenvalue weighted by molar-refractivity contribution is 5.78. The van der Waals surface area contributed by atoms with Crippen molar-refractivity contribution in [1.82, 2.24) is 10.2 Å².